The Kier molecular flexibility index (Phi) is 4.12. The van der Waals surface area contributed by atoms with Crippen molar-refractivity contribution < 1.29 is 15.0 Å². The van der Waals surface area contributed by atoms with Crippen molar-refractivity contribution in [1.29, 1.82) is 0 Å². The maximum absolute atomic E-state index is 11.5. The number of benzene rings is 1. The van der Waals surface area contributed by atoms with Gasteiger partial charge in [0.25, 0.3) is 5.91 Å². The number of aliphatic hydroxyl groups excluding tert-OH is 1. The Balaban J connectivity index is 2.54. The first kappa shape index (κ1) is 11.5. The standard InChI is InChI=1S/C11H15NO3/c1-2-9(13)7-12-11(15)8-4-3-5-10(14)6-8/h3-6,9,13-14H,2,7H2,1H3,(H,12,15). The number of carbonyl (C=O) groups is 1. The number of aliphatic hydroxyl groups is 1. The summed E-state index contributed by atoms with van der Waals surface area (Å²) >= 11 is 0. The van der Waals surface area contributed by atoms with E-state index in [-0.39, 0.29) is 18.2 Å². The van der Waals surface area contributed by atoms with Crippen LogP contribution in [0.4, 0.5) is 0 Å². The SMILES string of the molecule is CCC(O)CNC(=O)c1cccc(O)c1. The second-order valence-corrected chi connectivity index (χ2v) is 3.32. The lowest BCUT2D eigenvalue weighted by molar-refractivity contribution is 0.0913. The molecule has 1 amide bonds. The van der Waals surface area contributed by atoms with Gasteiger partial charge in [-0.25, -0.2) is 0 Å². The van der Waals surface area contributed by atoms with Gasteiger partial charge in [0.2, 0.25) is 0 Å². The minimum atomic E-state index is -0.522. The number of rotatable bonds is 4. The highest BCUT2D eigenvalue weighted by molar-refractivity contribution is 5.94. The van der Waals surface area contributed by atoms with E-state index in [0.717, 1.165) is 0 Å². The van der Waals surface area contributed by atoms with Crippen LogP contribution in [0.25, 0.3) is 0 Å². The van der Waals surface area contributed by atoms with E-state index in [1.807, 2.05) is 6.92 Å². The van der Waals surface area contributed by atoms with Crippen LogP contribution in [0.3, 0.4) is 0 Å². The van der Waals surface area contributed by atoms with Gasteiger partial charge in [-0.3, -0.25) is 4.79 Å². The molecule has 4 heteroatoms. The van der Waals surface area contributed by atoms with Crippen molar-refractivity contribution in [1.82, 2.24) is 5.32 Å². The fourth-order valence-electron chi connectivity index (χ4n) is 1.10. The first-order valence-electron chi connectivity index (χ1n) is 4.88. The number of hydrogen-bond acceptors (Lipinski definition) is 3. The fraction of sp³-hybridized carbons (Fsp3) is 0.364. The Morgan fingerprint density at radius 2 is 2.27 bits per heavy atom. The van der Waals surface area contributed by atoms with Gasteiger partial charge < -0.3 is 15.5 Å². The van der Waals surface area contributed by atoms with E-state index in [1.165, 1.54) is 12.1 Å². The number of nitrogens with one attached hydrogen (secondary N) is 1. The van der Waals surface area contributed by atoms with Gasteiger partial charge in [-0.15, -0.1) is 0 Å². The molecule has 0 spiro atoms. The molecule has 0 bridgehead atoms. The van der Waals surface area contributed by atoms with Crippen LogP contribution in [0.5, 0.6) is 5.75 Å². The number of aromatic hydroxyl groups is 1. The molecule has 0 fully saturated rings. The summed E-state index contributed by atoms with van der Waals surface area (Å²) < 4.78 is 0. The summed E-state index contributed by atoms with van der Waals surface area (Å²) in [5, 5.41) is 21.0. The van der Waals surface area contributed by atoms with E-state index in [2.05, 4.69) is 5.32 Å². The highest BCUT2D eigenvalue weighted by atomic mass is 16.3. The Morgan fingerprint density at radius 1 is 1.53 bits per heavy atom. The van der Waals surface area contributed by atoms with Crippen molar-refractivity contribution >= 4 is 5.91 Å². The van der Waals surface area contributed by atoms with Crippen LogP contribution < -0.4 is 5.32 Å². The van der Waals surface area contributed by atoms with Crippen LogP contribution in [-0.2, 0) is 0 Å². The summed E-state index contributed by atoms with van der Waals surface area (Å²) in [6.45, 7) is 2.07. The zero-order valence-corrected chi connectivity index (χ0v) is 8.60. The summed E-state index contributed by atoms with van der Waals surface area (Å²) in [6.07, 6.45) is 0.0756. The topological polar surface area (TPSA) is 69.6 Å². The minimum absolute atomic E-state index is 0.0543. The second-order valence-electron chi connectivity index (χ2n) is 3.32. The van der Waals surface area contributed by atoms with Crippen molar-refractivity contribution in [3.63, 3.8) is 0 Å². The van der Waals surface area contributed by atoms with Gasteiger partial charge in [-0.2, -0.15) is 0 Å². The Hall–Kier alpha value is -1.55. The molecule has 15 heavy (non-hydrogen) atoms. The maximum atomic E-state index is 11.5. The lowest BCUT2D eigenvalue weighted by Crippen LogP contribution is -2.31. The van der Waals surface area contributed by atoms with Gasteiger partial charge in [-0.1, -0.05) is 13.0 Å². The van der Waals surface area contributed by atoms with Crippen molar-refractivity contribution in [3.05, 3.63) is 29.8 Å². The molecule has 4 nitrogen and oxygen atoms in total. The number of phenolic OH excluding ortho intramolecular Hbond substituents is 1. The second kappa shape index (κ2) is 5.36. The fourth-order valence-corrected chi connectivity index (χ4v) is 1.10. The maximum Gasteiger partial charge on any atom is 0.251 e. The van der Waals surface area contributed by atoms with E-state index in [4.69, 9.17) is 5.11 Å². The largest absolute Gasteiger partial charge is 0.508 e. The van der Waals surface area contributed by atoms with E-state index >= 15 is 0 Å². The van der Waals surface area contributed by atoms with Gasteiger partial charge in [0.1, 0.15) is 5.75 Å². The van der Waals surface area contributed by atoms with Crippen molar-refractivity contribution in [2.45, 2.75) is 19.4 Å². The van der Waals surface area contributed by atoms with Gasteiger partial charge in [-0.05, 0) is 24.6 Å². The van der Waals surface area contributed by atoms with E-state index in [9.17, 15) is 9.90 Å². The zero-order valence-electron chi connectivity index (χ0n) is 8.60. The third-order valence-corrected chi connectivity index (χ3v) is 2.08. The molecule has 0 aromatic heterocycles. The molecule has 1 aromatic rings. The Labute approximate surface area is 88.6 Å². The predicted octanol–water partition coefficient (Wildman–Crippen LogP) is 0.893. The van der Waals surface area contributed by atoms with Crippen LogP contribution in [0.1, 0.15) is 23.7 Å². The molecule has 82 valence electrons. The molecular weight excluding hydrogens is 194 g/mol. The molecule has 0 heterocycles. The number of phenols is 1. The van der Waals surface area contributed by atoms with Gasteiger partial charge >= 0.3 is 0 Å². The quantitative estimate of drug-likeness (QED) is 0.689. The molecule has 0 aliphatic rings. The van der Waals surface area contributed by atoms with Crippen molar-refractivity contribution in [2.75, 3.05) is 6.54 Å². The molecule has 1 unspecified atom stereocenters. The molecule has 1 aromatic carbocycles. The summed E-state index contributed by atoms with van der Waals surface area (Å²) in [4.78, 5) is 11.5. The summed E-state index contributed by atoms with van der Waals surface area (Å²) in [5.74, 6) is -0.239. The highest BCUT2D eigenvalue weighted by Crippen LogP contribution is 2.10. The van der Waals surface area contributed by atoms with Crippen LogP contribution in [-0.4, -0.2) is 28.8 Å². The first-order valence-corrected chi connectivity index (χ1v) is 4.88. The molecular formula is C11H15NO3. The molecule has 0 aliphatic heterocycles. The van der Waals surface area contributed by atoms with Crippen LogP contribution in [0.2, 0.25) is 0 Å². The molecule has 0 saturated heterocycles. The normalized spacial score (nSPS) is 12.1. The smallest absolute Gasteiger partial charge is 0.251 e. The zero-order chi connectivity index (χ0) is 11.3. The lowest BCUT2D eigenvalue weighted by Gasteiger charge is -2.09. The van der Waals surface area contributed by atoms with Crippen molar-refractivity contribution in [2.24, 2.45) is 0 Å². The average molecular weight is 209 g/mol. The van der Waals surface area contributed by atoms with Gasteiger partial charge in [0.05, 0.1) is 6.10 Å². The summed E-state index contributed by atoms with van der Waals surface area (Å²) in [6, 6.07) is 6.08. The van der Waals surface area contributed by atoms with Crippen LogP contribution >= 0.6 is 0 Å². The first-order chi connectivity index (χ1) is 7.13. The molecule has 1 rings (SSSR count). The number of hydrogen-bond donors (Lipinski definition) is 3. The minimum Gasteiger partial charge on any atom is -0.508 e. The monoisotopic (exact) mass is 209 g/mol. The Bertz CT molecular complexity index is 338. The highest BCUT2D eigenvalue weighted by Gasteiger charge is 2.07. The van der Waals surface area contributed by atoms with E-state index in [0.29, 0.717) is 12.0 Å². The summed E-state index contributed by atoms with van der Waals surface area (Å²) in [7, 11) is 0. The Morgan fingerprint density at radius 3 is 2.87 bits per heavy atom. The average Bonchev–Trinajstić information content (AvgIpc) is 2.25. The van der Waals surface area contributed by atoms with Crippen molar-refractivity contribution in [3.8, 4) is 5.75 Å². The van der Waals surface area contributed by atoms with Gasteiger partial charge in [0, 0.05) is 12.1 Å². The molecule has 0 aliphatic carbocycles. The third kappa shape index (κ3) is 3.59. The third-order valence-electron chi connectivity index (χ3n) is 2.08. The lowest BCUT2D eigenvalue weighted by atomic mass is 10.2. The number of amides is 1. The summed E-state index contributed by atoms with van der Waals surface area (Å²) in [5.41, 5.74) is 0.387. The molecule has 1 atom stereocenters. The molecule has 3 N–H and O–H groups in total. The van der Waals surface area contributed by atoms with Gasteiger partial charge in [0.15, 0.2) is 0 Å². The predicted molar refractivity (Wildman–Crippen MR) is 56.7 cm³/mol. The number of carbonyl (C=O) groups excluding carboxylic acids is 1. The molecule has 0 saturated carbocycles. The van der Waals surface area contributed by atoms with Crippen LogP contribution in [0, 0.1) is 0 Å². The van der Waals surface area contributed by atoms with Crippen LogP contribution in [0.15, 0.2) is 24.3 Å². The van der Waals surface area contributed by atoms with E-state index < -0.39 is 6.10 Å². The molecule has 0 radical (unpaired) electrons. The van der Waals surface area contributed by atoms with E-state index in [1.54, 1.807) is 12.1 Å².